The van der Waals surface area contributed by atoms with Crippen LogP contribution in [-0.2, 0) is 0 Å². The Balaban J connectivity index is 1.41. The molecule has 1 aliphatic carbocycles. The van der Waals surface area contributed by atoms with E-state index in [-0.39, 0.29) is 0 Å². The second-order valence-electron chi connectivity index (χ2n) is 18.1. The molecule has 0 bridgehead atoms. The first-order valence-corrected chi connectivity index (χ1v) is 26.1. The zero-order chi connectivity index (χ0) is 44.9. The topological polar surface area (TPSA) is 36.9 Å². The van der Waals surface area contributed by atoms with Gasteiger partial charge in [-0.1, -0.05) is 205 Å². The Labute approximate surface area is 390 Å². The highest BCUT2D eigenvalue weighted by molar-refractivity contribution is 6.43. The van der Waals surface area contributed by atoms with E-state index in [1.807, 2.05) is 0 Å². The Morgan fingerprint density at radius 3 is 0.578 bits per heavy atom. The molecule has 0 atom stereocenters. The molecule has 64 heavy (non-hydrogen) atoms. The number of hydrogen-bond acceptors (Lipinski definition) is 4. The van der Waals surface area contributed by atoms with Crippen LogP contribution in [0.4, 0.5) is 0 Å². The first kappa shape index (κ1) is 50.6. The summed E-state index contributed by atoms with van der Waals surface area (Å²) >= 11 is 0. The van der Waals surface area contributed by atoms with Gasteiger partial charge in [0.25, 0.3) is 0 Å². The molecular weight excluding hydrogens is 785 g/mol. The fourth-order valence-electron chi connectivity index (χ4n) is 8.75. The molecule has 348 valence electrons. The average molecular weight is 869 g/mol. The van der Waals surface area contributed by atoms with Gasteiger partial charge in [-0.05, 0) is 119 Å². The van der Waals surface area contributed by atoms with Crippen molar-refractivity contribution < 1.29 is 18.9 Å². The average Bonchev–Trinajstić information content (AvgIpc) is 3.32. The normalized spacial score (nSPS) is 12.4. The molecule has 0 amide bonds. The van der Waals surface area contributed by atoms with Crippen molar-refractivity contribution in [2.75, 3.05) is 26.4 Å². The van der Waals surface area contributed by atoms with E-state index >= 15 is 0 Å². The number of benzene rings is 4. The van der Waals surface area contributed by atoms with Crippen LogP contribution in [0, 0.1) is 0 Å². The summed E-state index contributed by atoms with van der Waals surface area (Å²) < 4.78 is 25.1. The SMILES string of the molecule is CCCCCCCCOc1ccc(C2=C(c3ccc(OCCCCCCCC)cc3)C(c3ccc(OCCCCCCCC)cc3)=C2c2ccc(OCCCCCCCC)cc2)cc1. The molecule has 0 aliphatic heterocycles. The molecule has 0 aromatic heterocycles. The van der Waals surface area contributed by atoms with E-state index in [4.69, 9.17) is 18.9 Å². The first-order chi connectivity index (χ1) is 31.7. The smallest absolute Gasteiger partial charge is 0.119 e. The van der Waals surface area contributed by atoms with E-state index in [1.165, 1.54) is 173 Å². The second-order valence-corrected chi connectivity index (χ2v) is 18.1. The Kier molecular flexibility index (Phi) is 24.2. The first-order valence-electron chi connectivity index (χ1n) is 26.1. The molecule has 0 saturated carbocycles. The molecule has 0 N–H and O–H groups in total. The van der Waals surface area contributed by atoms with Crippen LogP contribution in [0.5, 0.6) is 23.0 Å². The Morgan fingerprint density at radius 1 is 0.219 bits per heavy atom. The Morgan fingerprint density at radius 2 is 0.391 bits per heavy atom. The van der Waals surface area contributed by atoms with Crippen LogP contribution in [0.25, 0.3) is 22.3 Å². The van der Waals surface area contributed by atoms with Gasteiger partial charge in [0.05, 0.1) is 26.4 Å². The number of unbranched alkanes of at least 4 members (excludes halogenated alkanes) is 20. The lowest BCUT2D eigenvalue weighted by Crippen LogP contribution is -2.11. The standard InChI is InChI=1S/C60H84O4/c1-5-9-13-17-21-25-45-61-53-37-29-49(30-38-53)57-58(50-31-39-54(40-32-50)62-46-26-22-18-14-10-6-2)60(52-35-43-56(44-36-52)64-48-28-24-20-16-12-8-4)59(57)51-33-41-55(42-34-51)63-47-27-23-19-15-11-7-3/h29-44H,5-28,45-48H2,1-4H3. The lowest BCUT2D eigenvalue weighted by atomic mass is 9.69. The highest BCUT2D eigenvalue weighted by Crippen LogP contribution is 2.56. The van der Waals surface area contributed by atoms with Gasteiger partial charge in [-0.3, -0.25) is 0 Å². The maximum atomic E-state index is 6.27. The van der Waals surface area contributed by atoms with Gasteiger partial charge in [0.1, 0.15) is 23.0 Å². The van der Waals surface area contributed by atoms with Crippen molar-refractivity contribution in [2.24, 2.45) is 0 Å². The van der Waals surface area contributed by atoms with Gasteiger partial charge < -0.3 is 18.9 Å². The molecule has 0 spiro atoms. The zero-order valence-electron chi connectivity index (χ0n) is 40.7. The van der Waals surface area contributed by atoms with E-state index in [9.17, 15) is 0 Å². The van der Waals surface area contributed by atoms with Gasteiger partial charge >= 0.3 is 0 Å². The molecule has 0 radical (unpaired) electrons. The Bertz CT molecular complexity index is 1590. The lowest BCUT2D eigenvalue weighted by molar-refractivity contribution is 0.304. The third-order valence-electron chi connectivity index (χ3n) is 12.6. The minimum atomic E-state index is 0.758. The fraction of sp³-hybridized carbons (Fsp3) is 0.533. The molecule has 4 nitrogen and oxygen atoms in total. The predicted molar refractivity (Wildman–Crippen MR) is 275 cm³/mol. The molecule has 0 fully saturated rings. The van der Waals surface area contributed by atoms with Crippen molar-refractivity contribution in [1.29, 1.82) is 0 Å². The maximum absolute atomic E-state index is 6.27. The summed E-state index contributed by atoms with van der Waals surface area (Å²) in [7, 11) is 0. The number of ether oxygens (including phenoxy) is 4. The molecule has 4 aromatic rings. The molecule has 0 unspecified atom stereocenters. The van der Waals surface area contributed by atoms with Crippen molar-refractivity contribution in [2.45, 2.75) is 182 Å². The molecule has 0 saturated heterocycles. The molecule has 4 heteroatoms. The number of allylic oxidation sites excluding steroid dienone is 4. The van der Waals surface area contributed by atoms with Crippen molar-refractivity contribution in [1.82, 2.24) is 0 Å². The molecule has 0 heterocycles. The van der Waals surface area contributed by atoms with Gasteiger partial charge in [-0.15, -0.1) is 0 Å². The minimum Gasteiger partial charge on any atom is -0.494 e. The van der Waals surface area contributed by atoms with Gasteiger partial charge in [0, 0.05) is 0 Å². The van der Waals surface area contributed by atoms with Crippen molar-refractivity contribution in [3.8, 4) is 23.0 Å². The van der Waals surface area contributed by atoms with Crippen LogP contribution in [0.15, 0.2) is 97.1 Å². The van der Waals surface area contributed by atoms with Crippen LogP contribution < -0.4 is 18.9 Å². The van der Waals surface area contributed by atoms with Crippen LogP contribution in [0.3, 0.4) is 0 Å². The molecule has 4 aromatic carbocycles. The molecule has 1 aliphatic rings. The van der Waals surface area contributed by atoms with E-state index in [1.54, 1.807) is 0 Å². The number of hydrogen-bond donors (Lipinski definition) is 0. The van der Waals surface area contributed by atoms with Crippen LogP contribution in [-0.4, -0.2) is 26.4 Å². The lowest BCUT2D eigenvalue weighted by Gasteiger charge is -2.33. The van der Waals surface area contributed by atoms with Crippen molar-refractivity contribution in [3.63, 3.8) is 0 Å². The largest absolute Gasteiger partial charge is 0.494 e. The zero-order valence-corrected chi connectivity index (χ0v) is 40.7. The van der Waals surface area contributed by atoms with Gasteiger partial charge in [-0.2, -0.15) is 0 Å². The highest BCUT2D eigenvalue weighted by atomic mass is 16.5. The van der Waals surface area contributed by atoms with Gasteiger partial charge in [0.15, 0.2) is 0 Å². The monoisotopic (exact) mass is 869 g/mol. The van der Waals surface area contributed by atoms with Crippen LogP contribution in [0.1, 0.15) is 204 Å². The Hall–Kier alpha value is -4.44. The summed E-state index contributed by atoms with van der Waals surface area (Å²) in [6.45, 7) is 12.1. The molecule has 5 rings (SSSR count). The van der Waals surface area contributed by atoms with Crippen molar-refractivity contribution in [3.05, 3.63) is 119 Å². The van der Waals surface area contributed by atoms with Crippen LogP contribution in [0.2, 0.25) is 0 Å². The fourth-order valence-corrected chi connectivity index (χ4v) is 8.75. The summed E-state index contributed by atoms with van der Waals surface area (Å²) in [5.74, 6) is 3.72. The highest BCUT2D eigenvalue weighted by Gasteiger charge is 2.33. The summed E-state index contributed by atoms with van der Waals surface area (Å²) in [4.78, 5) is 0. The summed E-state index contributed by atoms with van der Waals surface area (Å²) in [5, 5.41) is 0. The van der Waals surface area contributed by atoms with Gasteiger partial charge in [0.2, 0.25) is 0 Å². The summed E-state index contributed by atoms with van der Waals surface area (Å²) in [6, 6.07) is 35.2. The summed E-state index contributed by atoms with van der Waals surface area (Å²) in [6.07, 6.45) is 30.1. The predicted octanol–water partition coefficient (Wildman–Crippen LogP) is 18.2. The maximum Gasteiger partial charge on any atom is 0.119 e. The van der Waals surface area contributed by atoms with Crippen LogP contribution >= 0.6 is 0 Å². The van der Waals surface area contributed by atoms with E-state index in [0.717, 1.165) is 75.1 Å². The van der Waals surface area contributed by atoms with E-state index in [0.29, 0.717) is 0 Å². The quantitative estimate of drug-likeness (QED) is 0.0427. The third-order valence-corrected chi connectivity index (χ3v) is 12.6. The van der Waals surface area contributed by atoms with E-state index in [2.05, 4.69) is 125 Å². The second kappa shape index (κ2) is 30.7. The van der Waals surface area contributed by atoms with E-state index < -0.39 is 0 Å². The minimum absolute atomic E-state index is 0.758. The third kappa shape index (κ3) is 17.2. The van der Waals surface area contributed by atoms with Gasteiger partial charge in [-0.25, -0.2) is 0 Å². The van der Waals surface area contributed by atoms with Crippen molar-refractivity contribution >= 4 is 22.3 Å². The molecular formula is C60H84O4. The summed E-state index contributed by atoms with van der Waals surface area (Å²) in [5.41, 5.74) is 9.75. The number of rotatable bonds is 36.